The second-order valence-corrected chi connectivity index (χ2v) is 14.3. The standard InChI is InChI=1S/C9H22O3S4Si.C4H2O3/c1-5-9-13-14-15-16-17(10-6-2,11-7-3)12-8-4;5-3-1-2-4(6)7-3/h5-9H2,1-4H3;1-2H. The zero-order chi connectivity index (χ0) is 18.3. The lowest BCUT2D eigenvalue weighted by Crippen LogP contribution is -2.42. The minimum absolute atomic E-state index is 0.579. The lowest BCUT2D eigenvalue weighted by Gasteiger charge is -2.25. The third-order valence-electron chi connectivity index (χ3n) is 2.02. The average Bonchev–Trinajstić information content (AvgIpc) is 2.92. The molecule has 0 radical (unpaired) electrons. The van der Waals surface area contributed by atoms with Crippen molar-refractivity contribution < 1.29 is 27.6 Å². The van der Waals surface area contributed by atoms with E-state index in [0.29, 0.717) is 19.8 Å². The number of ether oxygens (including phenoxy) is 1. The van der Waals surface area contributed by atoms with Gasteiger partial charge in [0.05, 0.1) is 0 Å². The van der Waals surface area contributed by atoms with Crippen molar-refractivity contribution in [2.45, 2.75) is 34.1 Å². The van der Waals surface area contributed by atoms with Gasteiger partial charge in [-0.15, -0.1) is 0 Å². The van der Waals surface area contributed by atoms with Crippen molar-refractivity contribution in [3.8, 4) is 0 Å². The fourth-order valence-corrected chi connectivity index (χ4v) is 15.3. The minimum atomic E-state index is -2.51. The third kappa shape index (κ3) is 11.8. The van der Waals surface area contributed by atoms with Crippen molar-refractivity contribution in [1.29, 1.82) is 0 Å². The van der Waals surface area contributed by atoms with Gasteiger partial charge in [0.15, 0.2) is 0 Å². The molecule has 0 unspecified atom stereocenters. The van der Waals surface area contributed by atoms with Crippen LogP contribution in [-0.4, -0.2) is 45.5 Å². The Labute approximate surface area is 159 Å². The number of carbonyl (C=O) groups excluding carboxylic acids is 2. The second kappa shape index (κ2) is 15.6. The van der Waals surface area contributed by atoms with Gasteiger partial charge in [-0.2, -0.15) is 0 Å². The fraction of sp³-hybridized carbons (Fsp3) is 0.692. The topological polar surface area (TPSA) is 71.1 Å². The molecule has 0 bridgehead atoms. The van der Waals surface area contributed by atoms with E-state index in [9.17, 15) is 9.59 Å². The van der Waals surface area contributed by atoms with Crippen molar-refractivity contribution in [3.05, 3.63) is 12.2 Å². The molecule has 0 aliphatic carbocycles. The maximum atomic E-state index is 9.92. The summed E-state index contributed by atoms with van der Waals surface area (Å²) in [5.41, 5.74) is 0. The Kier molecular flexibility index (Phi) is 15.9. The van der Waals surface area contributed by atoms with Crippen LogP contribution in [0.2, 0.25) is 0 Å². The van der Waals surface area contributed by atoms with E-state index < -0.39 is 19.9 Å². The highest BCUT2D eigenvalue weighted by atomic mass is 33.7. The first-order valence-electron chi connectivity index (χ1n) is 7.53. The van der Waals surface area contributed by atoms with Crippen molar-refractivity contribution in [2.24, 2.45) is 0 Å². The van der Waals surface area contributed by atoms with Crippen LogP contribution in [0.1, 0.15) is 34.1 Å². The van der Waals surface area contributed by atoms with E-state index in [2.05, 4.69) is 11.7 Å². The van der Waals surface area contributed by atoms with Crippen LogP contribution in [0.5, 0.6) is 0 Å². The molecule has 0 atom stereocenters. The highest BCUT2D eigenvalue weighted by Crippen LogP contribution is 2.48. The third-order valence-corrected chi connectivity index (χ3v) is 14.9. The lowest BCUT2D eigenvalue weighted by atomic mass is 10.6. The van der Waals surface area contributed by atoms with Crippen LogP contribution in [0.15, 0.2) is 12.2 Å². The van der Waals surface area contributed by atoms with E-state index in [4.69, 9.17) is 13.3 Å². The van der Waals surface area contributed by atoms with Crippen molar-refractivity contribution in [2.75, 3.05) is 25.6 Å². The van der Waals surface area contributed by atoms with Gasteiger partial charge < -0.3 is 18.0 Å². The summed E-state index contributed by atoms with van der Waals surface area (Å²) in [6.45, 7) is 10.0. The largest absolute Gasteiger partial charge is 0.585 e. The maximum Gasteiger partial charge on any atom is 0.585 e. The normalized spacial score (nSPS) is 13.7. The Balaban J connectivity index is 0.000000620. The molecule has 11 heteroatoms. The quantitative estimate of drug-likeness (QED) is 0.147. The monoisotopic (exact) mass is 432 g/mol. The minimum Gasteiger partial charge on any atom is -0.387 e. The molecule has 0 fully saturated rings. The zero-order valence-electron chi connectivity index (χ0n) is 14.3. The SMILES string of the molecule is CCCSSSS[Si](OCC)(OCC)OCC.O=C1C=CC(=O)O1. The molecule has 6 nitrogen and oxygen atoms in total. The smallest absolute Gasteiger partial charge is 0.387 e. The molecule has 0 N–H and O–H groups in total. The van der Waals surface area contributed by atoms with Crippen LogP contribution < -0.4 is 0 Å². The molecule has 1 heterocycles. The van der Waals surface area contributed by atoms with Gasteiger partial charge in [0.1, 0.15) is 0 Å². The summed E-state index contributed by atoms with van der Waals surface area (Å²) in [4.78, 5) is 19.8. The van der Waals surface area contributed by atoms with Gasteiger partial charge in [-0.3, -0.25) is 0 Å². The van der Waals surface area contributed by atoms with E-state index in [-0.39, 0.29) is 0 Å². The Hall–Kier alpha value is 0.377. The molecular weight excluding hydrogens is 408 g/mol. The number of hydrogen-bond donors (Lipinski definition) is 0. The number of cyclic esters (lactones) is 2. The van der Waals surface area contributed by atoms with E-state index in [1.165, 1.54) is 12.2 Å². The van der Waals surface area contributed by atoms with Crippen molar-refractivity contribution in [3.63, 3.8) is 0 Å². The van der Waals surface area contributed by atoms with E-state index in [0.717, 1.165) is 12.2 Å². The molecule has 0 aromatic carbocycles. The average molecular weight is 433 g/mol. The number of carbonyl (C=O) groups is 2. The summed E-state index contributed by atoms with van der Waals surface area (Å²) in [5, 5.41) is 0. The van der Waals surface area contributed by atoms with Gasteiger partial charge >= 0.3 is 19.9 Å². The predicted octanol–water partition coefficient (Wildman–Crippen LogP) is 4.25. The molecular formula is C13H24O6S4Si. The molecule has 0 saturated heterocycles. The van der Waals surface area contributed by atoms with Crippen LogP contribution >= 0.6 is 40.7 Å². The summed E-state index contributed by atoms with van der Waals surface area (Å²) in [7, 11) is 4.45. The molecule has 0 aromatic heterocycles. The molecule has 0 amide bonds. The number of rotatable bonds is 12. The zero-order valence-corrected chi connectivity index (χ0v) is 18.5. The Morgan fingerprint density at radius 1 is 0.917 bits per heavy atom. The highest BCUT2D eigenvalue weighted by molar-refractivity contribution is 9.28. The van der Waals surface area contributed by atoms with Crippen molar-refractivity contribution >= 4 is 60.6 Å². The number of esters is 2. The first-order chi connectivity index (χ1) is 11.5. The van der Waals surface area contributed by atoms with Crippen molar-refractivity contribution in [1.82, 2.24) is 0 Å². The van der Waals surface area contributed by atoms with E-state index in [1.54, 1.807) is 29.9 Å². The molecule has 1 aliphatic rings. The molecule has 24 heavy (non-hydrogen) atoms. The molecule has 0 saturated carbocycles. The molecule has 140 valence electrons. The van der Waals surface area contributed by atoms with E-state index >= 15 is 0 Å². The van der Waals surface area contributed by atoms with Crippen LogP contribution in [0.4, 0.5) is 0 Å². The summed E-state index contributed by atoms with van der Waals surface area (Å²) in [5.74, 6) is 0.0139. The van der Waals surface area contributed by atoms with Crippen LogP contribution in [0.25, 0.3) is 0 Å². The molecule has 1 rings (SSSR count). The summed E-state index contributed by atoms with van der Waals surface area (Å²) in [6, 6.07) is 0. The van der Waals surface area contributed by atoms with Crippen LogP contribution in [-0.2, 0) is 27.6 Å². The van der Waals surface area contributed by atoms with Gasteiger partial charge in [0, 0.05) is 37.7 Å². The van der Waals surface area contributed by atoms with Gasteiger partial charge in [-0.05, 0) is 57.1 Å². The van der Waals surface area contributed by atoms with Gasteiger partial charge in [-0.1, -0.05) is 17.7 Å². The molecule has 1 aliphatic heterocycles. The summed E-state index contributed by atoms with van der Waals surface area (Å²) >= 11 is 0. The first-order valence-corrected chi connectivity index (χ1v) is 15.0. The summed E-state index contributed by atoms with van der Waals surface area (Å²) < 4.78 is 21.2. The first kappa shape index (κ1) is 24.4. The molecule has 0 spiro atoms. The Bertz CT molecular complexity index is 364. The molecule has 0 aromatic rings. The van der Waals surface area contributed by atoms with Gasteiger partial charge in [-0.25, -0.2) is 9.59 Å². The maximum absolute atomic E-state index is 9.92. The van der Waals surface area contributed by atoms with E-state index in [1.807, 2.05) is 31.6 Å². The number of hydrogen-bond acceptors (Lipinski definition) is 10. The lowest BCUT2D eigenvalue weighted by molar-refractivity contribution is -0.150. The Morgan fingerprint density at radius 3 is 1.75 bits per heavy atom. The summed E-state index contributed by atoms with van der Waals surface area (Å²) in [6.07, 6.45) is 3.37. The fourth-order valence-electron chi connectivity index (χ4n) is 1.22. The van der Waals surface area contributed by atoms with Crippen LogP contribution in [0, 0.1) is 0 Å². The van der Waals surface area contributed by atoms with Gasteiger partial charge in [0.25, 0.3) is 0 Å². The van der Waals surface area contributed by atoms with Crippen LogP contribution in [0.3, 0.4) is 0 Å². The van der Waals surface area contributed by atoms with Gasteiger partial charge in [0.2, 0.25) is 0 Å². The Morgan fingerprint density at radius 2 is 1.42 bits per heavy atom. The predicted molar refractivity (Wildman–Crippen MR) is 106 cm³/mol. The highest BCUT2D eigenvalue weighted by Gasteiger charge is 2.43. The second-order valence-electron chi connectivity index (χ2n) is 3.91.